The number of likely N-dealkylation sites (tertiary alicyclic amines) is 1. The predicted octanol–water partition coefficient (Wildman–Crippen LogP) is 5.67. The minimum Gasteiger partial charge on any atom is -0.299 e. The zero-order chi connectivity index (χ0) is 22.2. The van der Waals surface area contributed by atoms with E-state index in [4.69, 9.17) is 0 Å². The van der Waals surface area contributed by atoms with Crippen LogP contribution in [0.3, 0.4) is 0 Å². The van der Waals surface area contributed by atoms with Crippen LogP contribution in [-0.2, 0) is 13.0 Å². The number of nitrogens with one attached hydrogen (secondary N) is 1. The molecule has 1 amide bonds. The van der Waals surface area contributed by atoms with Crippen LogP contribution in [0.15, 0.2) is 88.4 Å². The van der Waals surface area contributed by atoms with E-state index in [2.05, 4.69) is 61.7 Å². The van der Waals surface area contributed by atoms with Gasteiger partial charge in [0.05, 0.1) is 6.21 Å². The molecule has 0 aliphatic carbocycles. The fourth-order valence-corrected chi connectivity index (χ4v) is 4.51. The Labute approximate surface area is 198 Å². The average molecular weight is 490 g/mol. The molecule has 0 aromatic heterocycles. The number of halogens is 1. The minimum atomic E-state index is -0.207. The van der Waals surface area contributed by atoms with Crippen LogP contribution in [0.4, 0.5) is 0 Å². The highest BCUT2D eigenvalue weighted by atomic mass is 79.9. The Hall–Kier alpha value is -2.76. The van der Waals surface area contributed by atoms with Gasteiger partial charge in [0.2, 0.25) is 0 Å². The standard InChI is InChI=1S/C27H28BrN3O/c28-26-9-5-4-8-25(26)19-29-30-27(32)24-12-10-23(11-13-24)20-31-16-14-22(15-17-31)18-21-6-2-1-3-7-21/h1-13,19,22H,14-18,20H2,(H,30,32)/b29-19-. The van der Waals surface area contributed by atoms with Gasteiger partial charge < -0.3 is 0 Å². The third kappa shape index (κ3) is 6.38. The van der Waals surface area contributed by atoms with Crippen molar-refractivity contribution in [3.05, 3.63) is 106 Å². The second-order valence-electron chi connectivity index (χ2n) is 8.33. The van der Waals surface area contributed by atoms with E-state index in [1.54, 1.807) is 6.21 Å². The zero-order valence-electron chi connectivity index (χ0n) is 18.1. The minimum absolute atomic E-state index is 0.207. The summed E-state index contributed by atoms with van der Waals surface area (Å²) in [7, 11) is 0. The largest absolute Gasteiger partial charge is 0.299 e. The molecule has 0 saturated carbocycles. The molecule has 1 saturated heterocycles. The molecule has 3 aromatic carbocycles. The number of hydrogen-bond acceptors (Lipinski definition) is 3. The second-order valence-corrected chi connectivity index (χ2v) is 9.18. The molecule has 1 fully saturated rings. The molecule has 0 bridgehead atoms. The van der Waals surface area contributed by atoms with Crippen molar-refractivity contribution in [2.45, 2.75) is 25.8 Å². The first-order chi connectivity index (χ1) is 15.7. The molecule has 4 nitrogen and oxygen atoms in total. The number of benzene rings is 3. The molecule has 0 radical (unpaired) electrons. The first-order valence-electron chi connectivity index (χ1n) is 11.1. The van der Waals surface area contributed by atoms with Crippen molar-refractivity contribution in [1.29, 1.82) is 0 Å². The molecule has 0 atom stereocenters. The van der Waals surface area contributed by atoms with E-state index >= 15 is 0 Å². The van der Waals surface area contributed by atoms with E-state index in [0.29, 0.717) is 5.56 Å². The molecule has 0 unspecified atom stereocenters. The molecule has 1 aliphatic heterocycles. The monoisotopic (exact) mass is 489 g/mol. The van der Waals surface area contributed by atoms with E-state index in [1.807, 2.05) is 48.5 Å². The molecule has 1 N–H and O–H groups in total. The molecule has 1 heterocycles. The topological polar surface area (TPSA) is 44.7 Å². The fourth-order valence-electron chi connectivity index (χ4n) is 4.12. The van der Waals surface area contributed by atoms with E-state index in [0.717, 1.165) is 35.6 Å². The molecule has 3 aromatic rings. The fraction of sp³-hybridized carbons (Fsp3) is 0.259. The Kier molecular flexibility index (Phi) is 7.86. The molecule has 5 heteroatoms. The van der Waals surface area contributed by atoms with Crippen LogP contribution in [0.1, 0.15) is 39.9 Å². The van der Waals surface area contributed by atoms with Gasteiger partial charge in [0.15, 0.2) is 0 Å². The summed E-state index contributed by atoms with van der Waals surface area (Å²) in [6.07, 6.45) is 5.30. The lowest BCUT2D eigenvalue weighted by Crippen LogP contribution is -2.33. The quantitative estimate of drug-likeness (QED) is 0.343. The second kappa shape index (κ2) is 11.2. The number of carbonyl (C=O) groups excluding carboxylic acids is 1. The summed E-state index contributed by atoms with van der Waals surface area (Å²) < 4.78 is 0.937. The van der Waals surface area contributed by atoms with Gasteiger partial charge in [0.1, 0.15) is 0 Å². The van der Waals surface area contributed by atoms with Gasteiger partial charge in [-0.1, -0.05) is 76.6 Å². The van der Waals surface area contributed by atoms with Crippen molar-refractivity contribution in [3.63, 3.8) is 0 Å². The van der Waals surface area contributed by atoms with Crippen LogP contribution in [0.2, 0.25) is 0 Å². The van der Waals surface area contributed by atoms with Gasteiger partial charge in [0, 0.05) is 22.1 Å². The van der Waals surface area contributed by atoms with Gasteiger partial charge in [-0.25, -0.2) is 5.43 Å². The van der Waals surface area contributed by atoms with Crippen LogP contribution in [0, 0.1) is 5.92 Å². The van der Waals surface area contributed by atoms with Crippen molar-refractivity contribution < 1.29 is 4.79 Å². The summed E-state index contributed by atoms with van der Waals surface area (Å²) in [5, 5.41) is 4.07. The number of hydrazone groups is 1. The predicted molar refractivity (Wildman–Crippen MR) is 134 cm³/mol. The van der Waals surface area contributed by atoms with E-state index < -0.39 is 0 Å². The Balaban J connectivity index is 1.23. The molecule has 32 heavy (non-hydrogen) atoms. The van der Waals surface area contributed by atoms with E-state index in [-0.39, 0.29) is 5.91 Å². The third-order valence-electron chi connectivity index (χ3n) is 5.97. The summed E-state index contributed by atoms with van der Waals surface area (Å²) in [6, 6.07) is 26.4. The Bertz CT molecular complexity index is 1040. The number of amides is 1. The molecule has 4 rings (SSSR count). The summed E-state index contributed by atoms with van der Waals surface area (Å²) in [5.41, 5.74) is 6.80. The van der Waals surface area contributed by atoms with E-state index in [9.17, 15) is 4.79 Å². The van der Waals surface area contributed by atoms with Crippen molar-refractivity contribution in [2.24, 2.45) is 11.0 Å². The maximum absolute atomic E-state index is 12.4. The number of rotatable bonds is 7. The molecule has 1 aliphatic rings. The summed E-state index contributed by atoms with van der Waals surface area (Å²) in [5.74, 6) is 0.568. The first kappa shape index (κ1) is 22.4. The van der Waals surface area contributed by atoms with Crippen molar-refractivity contribution >= 4 is 28.1 Å². The Morgan fingerprint density at radius 3 is 2.34 bits per heavy atom. The highest BCUT2D eigenvalue weighted by Crippen LogP contribution is 2.23. The van der Waals surface area contributed by atoms with Crippen LogP contribution >= 0.6 is 15.9 Å². The normalized spacial score (nSPS) is 15.2. The van der Waals surface area contributed by atoms with E-state index in [1.165, 1.54) is 30.4 Å². The average Bonchev–Trinajstić information content (AvgIpc) is 2.83. The van der Waals surface area contributed by atoms with Gasteiger partial charge in [0.25, 0.3) is 5.91 Å². The summed E-state index contributed by atoms with van der Waals surface area (Å²) in [4.78, 5) is 14.9. The van der Waals surface area contributed by atoms with Gasteiger partial charge >= 0.3 is 0 Å². The van der Waals surface area contributed by atoms with Crippen molar-refractivity contribution in [1.82, 2.24) is 10.3 Å². The smallest absolute Gasteiger partial charge is 0.271 e. The summed E-state index contributed by atoms with van der Waals surface area (Å²) >= 11 is 3.47. The van der Waals surface area contributed by atoms with Gasteiger partial charge in [-0.3, -0.25) is 9.69 Å². The van der Waals surface area contributed by atoms with Crippen LogP contribution in [-0.4, -0.2) is 30.1 Å². The highest BCUT2D eigenvalue weighted by Gasteiger charge is 2.19. The SMILES string of the molecule is O=C(N/N=C\c1ccccc1Br)c1ccc(CN2CCC(Cc3ccccc3)CC2)cc1. The Morgan fingerprint density at radius 2 is 1.62 bits per heavy atom. The Morgan fingerprint density at radius 1 is 0.938 bits per heavy atom. The molecule has 0 spiro atoms. The lowest BCUT2D eigenvalue weighted by molar-refractivity contribution is 0.0955. The van der Waals surface area contributed by atoms with Crippen LogP contribution in [0.5, 0.6) is 0 Å². The third-order valence-corrected chi connectivity index (χ3v) is 6.69. The number of piperidine rings is 1. The van der Waals surface area contributed by atoms with Gasteiger partial charge in [-0.15, -0.1) is 0 Å². The van der Waals surface area contributed by atoms with Crippen molar-refractivity contribution in [3.8, 4) is 0 Å². The van der Waals surface area contributed by atoms with Crippen molar-refractivity contribution in [2.75, 3.05) is 13.1 Å². The maximum Gasteiger partial charge on any atom is 0.271 e. The lowest BCUT2D eigenvalue weighted by atomic mass is 9.90. The highest BCUT2D eigenvalue weighted by molar-refractivity contribution is 9.10. The maximum atomic E-state index is 12.4. The van der Waals surface area contributed by atoms with Crippen LogP contribution in [0.25, 0.3) is 0 Å². The number of nitrogens with zero attached hydrogens (tertiary/aromatic N) is 2. The molecule has 164 valence electrons. The van der Waals surface area contributed by atoms with Crippen LogP contribution < -0.4 is 5.43 Å². The number of carbonyl (C=O) groups is 1. The lowest BCUT2D eigenvalue weighted by Gasteiger charge is -2.32. The molecular formula is C27H28BrN3O. The van der Waals surface area contributed by atoms with Gasteiger partial charge in [-0.2, -0.15) is 5.10 Å². The number of hydrogen-bond donors (Lipinski definition) is 1. The van der Waals surface area contributed by atoms with Gasteiger partial charge in [-0.05, 0) is 67.6 Å². The summed E-state index contributed by atoms with van der Waals surface area (Å²) in [6.45, 7) is 3.19. The molecular weight excluding hydrogens is 462 g/mol. The first-order valence-corrected chi connectivity index (χ1v) is 11.9. The zero-order valence-corrected chi connectivity index (χ0v) is 19.7.